The largest absolute Gasteiger partial charge is 0.489 e. The predicted molar refractivity (Wildman–Crippen MR) is 104 cm³/mol. The van der Waals surface area contributed by atoms with Crippen molar-refractivity contribution >= 4 is 11.7 Å². The van der Waals surface area contributed by atoms with E-state index in [2.05, 4.69) is 10.6 Å². The van der Waals surface area contributed by atoms with Gasteiger partial charge in [0.2, 0.25) is 0 Å². The lowest BCUT2D eigenvalue weighted by atomic mass is 10.1. The van der Waals surface area contributed by atoms with E-state index in [9.17, 15) is 9.18 Å². The van der Waals surface area contributed by atoms with Gasteiger partial charge in [-0.3, -0.25) is 0 Å². The van der Waals surface area contributed by atoms with Gasteiger partial charge in [-0.2, -0.15) is 0 Å². The Bertz CT molecular complexity index is 867. The fourth-order valence-corrected chi connectivity index (χ4v) is 2.58. The second kappa shape index (κ2) is 9.38. The van der Waals surface area contributed by atoms with E-state index >= 15 is 0 Å². The number of halogens is 1. The molecule has 0 heterocycles. The van der Waals surface area contributed by atoms with Gasteiger partial charge in [-0.05, 0) is 42.3 Å². The van der Waals surface area contributed by atoms with E-state index in [1.54, 1.807) is 12.1 Å². The molecule has 0 unspecified atom stereocenters. The van der Waals surface area contributed by atoms with Crippen molar-refractivity contribution in [2.75, 3.05) is 11.9 Å². The Morgan fingerprint density at radius 1 is 0.889 bits per heavy atom. The first-order valence-corrected chi connectivity index (χ1v) is 8.76. The third kappa shape index (κ3) is 5.85. The molecule has 0 saturated carbocycles. The van der Waals surface area contributed by atoms with Crippen LogP contribution in [-0.4, -0.2) is 12.6 Å². The highest BCUT2D eigenvalue weighted by atomic mass is 19.1. The van der Waals surface area contributed by atoms with Crippen molar-refractivity contribution in [3.8, 4) is 5.75 Å². The van der Waals surface area contributed by atoms with Crippen LogP contribution >= 0.6 is 0 Å². The van der Waals surface area contributed by atoms with Gasteiger partial charge in [0.15, 0.2) is 0 Å². The molecule has 3 aromatic carbocycles. The van der Waals surface area contributed by atoms with Crippen LogP contribution < -0.4 is 15.4 Å². The van der Waals surface area contributed by atoms with E-state index in [1.807, 2.05) is 54.6 Å². The van der Waals surface area contributed by atoms with Gasteiger partial charge in [-0.1, -0.05) is 48.5 Å². The topological polar surface area (TPSA) is 50.4 Å². The van der Waals surface area contributed by atoms with Crippen LogP contribution in [-0.2, 0) is 13.0 Å². The summed E-state index contributed by atoms with van der Waals surface area (Å²) in [6.07, 6.45) is 0.631. The van der Waals surface area contributed by atoms with Gasteiger partial charge in [0, 0.05) is 17.8 Å². The molecule has 2 amide bonds. The van der Waals surface area contributed by atoms with E-state index in [0.29, 0.717) is 25.3 Å². The summed E-state index contributed by atoms with van der Waals surface area (Å²) in [6.45, 7) is 0.816. The van der Waals surface area contributed by atoms with Gasteiger partial charge in [-0.25, -0.2) is 9.18 Å². The highest BCUT2D eigenvalue weighted by Gasteiger charge is 2.07. The molecule has 3 aromatic rings. The maximum atomic E-state index is 12.9. The molecular formula is C22H21FN2O2. The number of benzene rings is 3. The molecule has 0 atom stereocenters. The third-order valence-electron chi connectivity index (χ3n) is 4.02. The molecule has 0 aliphatic carbocycles. The van der Waals surface area contributed by atoms with Crippen LogP contribution in [0.4, 0.5) is 14.9 Å². The van der Waals surface area contributed by atoms with Crippen molar-refractivity contribution in [1.82, 2.24) is 5.32 Å². The highest BCUT2D eigenvalue weighted by molar-refractivity contribution is 5.90. The zero-order chi connectivity index (χ0) is 18.9. The van der Waals surface area contributed by atoms with Crippen molar-refractivity contribution in [2.24, 2.45) is 0 Å². The maximum Gasteiger partial charge on any atom is 0.319 e. The van der Waals surface area contributed by atoms with Crippen LogP contribution in [0.2, 0.25) is 0 Å². The van der Waals surface area contributed by atoms with E-state index in [0.717, 1.165) is 16.9 Å². The lowest BCUT2D eigenvalue weighted by Gasteiger charge is -2.13. The minimum Gasteiger partial charge on any atom is -0.489 e. The molecule has 0 spiro atoms. The Morgan fingerprint density at radius 3 is 2.37 bits per heavy atom. The number of carbonyl (C=O) groups excluding carboxylic acids is 1. The number of rotatable bonds is 7. The van der Waals surface area contributed by atoms with Gasteiger partial charge in [0.1, 0.15) is 18.2 Å². The molecule has 27 heavy (non-hydrogen) atoms. The van der Waals surface area contributed by atoms with Gasteiger partial charge in [0.05, 0.1) is 0 Å². The second-order valence-corrected chi connectivity index (χ2v) is 6.02. The SMILES string of the molecule is O=C(NCCc1ccc(F)cc1)Nc1ccccc1COc1ccccc1. The standard InChI is InChI=1S/C22H21FN2O2/c23-19-12-10-17(11-13-19)14-15-24-22(26)25-21-9-5-4-6-18(21)16-27-20-7-2-1-3-8-20/h1-13H,14-16H2,(H2,24,25,26). The molecule has 0 radical (unpaired) electrons. The van der Waals surface area contributed by atoms with Crippen molar-refractivity contribution in [1.29, 1.82) is 0 Å². The van der Waals surface area contributed by atoms with Gasteiger partial charge in [-0.15, -0.1) is 0 Å². The highest BCUT2D eigenvalue weighted by Crippen LogP contribution is 2.18. The number of urea groups is 1. The quantitative estimate of drug-likeness (QED) is 0.634. The average Bonchev–Trinajstić information content (AvgIpc) is 2.70. The van der Waals surface area contributed by atoms with E-state index in [1.165, 1.54) is 12.1 Å². The lowest BCUT2D eigenvalue weighted by molar-refractivity contribution is 0.252. The molecule has 0 bridgehead atoms. The number of amides is 2. The normalized spacial score (nSPS) is 10.3. The molecule has 0 aliphatic rings. The number of anilines is 1. The van der Waals surface area contributed by atoms with Crippen LogP contribution in [0, 0.1) is 5.82 Å². The maximum absolute atomic E-state index is 12.9. The number of carbonyl (C=O) groups is 1. The molecule has 138 valence electrons. The van der Waals surface area contributed by atoms with E-state index in [-0.39, 0.29) is 11.8 Å². The Hall–Kier alpha value is -3.34. The van der Waals surface area contributed by atoms with Crippen molar-refractivity contribution in [2.45, 2.75) is 13.0 Å². The van der Waals surface area contributed by atoms with Crippen LogP contribution in [0.5, 0.6) is 5.75 Å². The monoisotopic (exact) mass is 364 g/mol. The van der Waals surface area contributed by atoms with E-state index in [4.69, 9.17) is 4.74 Å². The zero-order valence-corrected chi connectivity index (χ0v) is 14.8. The number of ether oxygens (including phenoxy) is 1. The summed E-state index contributed by atoms with van der Waals surface area (Å²) in [5, 5.41) is 5.66. The number of hydrogen-bond donors (Lipinski definition) is 2. The average molecular weight is 364 g/mol. The molecular weight excluding hydrogens is 343 g/mol. The zero-order valence-electron chi connectivity index (χ0n) is 14.8. The smallest absolute Gasteiger partial charge is 0.319 e. The first-order valence-electron chi connectivity index (χ1n) is 8.76. The molecule has 0 fully saturated rings. The molecule has 2 N–H and O–H groups in total. The predicted octanol–water partition coefficient (Wildman–Crippen LogP) is 4.77. The Labute approximate surface area is 158 Å². The van der Waals surface area contributed by atoms with Crippen LogP contribution in [0.1, 0.15) is 11.1 Å². The second-order valence-electron chi connectivity index (χ2n) is 6.02. The molecule has 0 aliphatic heterocycles. The molecule has 4 nitrogen and oxygen atoms in total. The molecule has 0 saturated heterocycles. The third-order valence-corrected chi connectivity index (χ3v) is 4.02. The van der Waals surface area contributed by atoms with Crippen LogP contribution in [0.15, 0.2) is 78.9 Å². The van der Waals surface area contributed by atoms with Crippen molar-refractivity contribution < 1.29 is 13.9 Å². The Kier molecular flexibility index (Phi) is 6.41. The van der Waals surface area contributed by atoms with Gasteiger partial charge >= 0.3 is 6.03 Å². The summed E-state index contributed by atoms with van der Waals surface area (Å²) in [6, 6.07) is 23.0. The molecule has 3 rings (SSSR count). The number of nitrogens with one attached hydrogen (secondary N) is 2. The van der Waals surface area contributed by atoms with Gasteiger partial charge in [0.25, 0.3) is 0 Å². The first kappa shape index (κ1) is 18.5. The summed E-state index contributed by atoms with van der Waals surface area (Å²) in [5.74, 6) is 0.509. The van der Waals surface area contributed by atoms with Crippen molar-refractivity contribution in [3.63, 3.8) is 0 Å². The fourth-order valence-electron chi connectivity index (χ4n) is 2.58. The summed E-state index contributed by atoms with van der Waals surface area (Å²) in [5.41, 5.74) is 2.55. The molecule has 0 aromatic heterocycles. The Balaban J connectivity index is 1.50. The minimum atomic E-state index is -0.288. The fraction of sp³-hybridized carbons (Fsp3) is 0.136. The first-order chi connectivity index (χ1) is 13.2. The summed E-state index contributed by atoms with van der Waals surface area (Å²) in [7, 11) is 0. The van der Waals surface area contributed by atoms with E-state index < -0.39 is 0 Å². The van der Waals surface area contributed by atoms with Crippen LogP contribution in [0.3, 0.4) is 0 Å². The van der Waals surface area contributed by atoms with Crippen molar-refractivity contribution in [3.05, 3.63) is 95.8 Å². The molecule has 5 heteroatoms. The number of para-hydroxylation sites is 2. The summed E-state index contributed by atoms with van der Waals surface area (Å²) >= 11 is 0. The minimum absolute atomic E-state index is 0.265. The number of hydrogen-bond acceptors (Lipinski definition) is 2. The Morgan fingerprint density at radius 2 is 1.59 bits per heavy atom. The summed E-state index contributed by atoms with van der Waals surface area (Å²) in [4.78, 5) is 12.2. The summed E-state index contributed by atoms with van der Waals surface area (Å²) < 4.78 is 18.7. The lowest BCUT2D eigenvalue weighted by Crippen LogP contribution is -2.30. The van der Waals surface area contributed by atoms with Crippen LogP contribution in [0.25, 0.3) is 0 Å². The van der Waals surface area contributed by atoms with Gasteiger partial charge < -0.3 is 15.4 Å².